The number of amides is 1. The molecule has 4 nitrogen and oxygen atoms in total. The second kappa shape index (κ2) is 6.55. The van der Waals surface area contributed by atoms with Crippen LogP contribution in [-0.2, 0) is 21.2 Å². The standard InChI is InChI=1S/C9H8F3NO3S.Na/c10-9(11,12)17(15,16)13-8(14)6-7-4-2-1-3-5-7;/h1-5H,6H2,(H,13,14);. The average molecular weight is 290 g/mol. The van der Waals surface area contributed by atoms with Crippen molar-refractivity contribution < 1.29 is 26.4 Å². The molecule has 0 saturated carbocycles. The zero-order valence-corrected chi connectivity index (χ0v) is 12.2. The van der Waals surface area contributed by atoms with E-state index in [-0.39, 0.29) is 29.6 Å². The Labute approximate surface area is 124 Å². The third kappa shape index (κ3) is 4.97. The summed E-state index contributed by atoms with van der Waals surface area (Å²) in [5.41, 5.74) is -5.07. The first-order valence-electron chi connectivity index (χ1n) is 4.38. The molecule has 0 bridgehead atoms. The number of benzene rings is 1. The molecular weight excluding hydrogens is 282 g/mol. The van der Waals surface area contributed by atoms with Crippen LogP contribution in [-0.4, -0.2) is 49.4 Å². The Balaban J connectivity index is 0.00000289. The van der Waals surface area contributed by atoms with Gasteiger partial charge in [-0.3, -0.25) is 4.79 Å². The first-order valence-corrected chi connectivity index (χ1v) is 5.86. The number of carbonyl (C=O) groups excluding carboxylic acids is 1. The molecule has 0 aliphatic carbocycles. The molecule has 1 amide bonds. The van der Waals surface area contributed by atoms with Crippen LogP contribution in [0.4, 0.5) is 13.2 Å². The van der Waals surface area contributed by atoms with E-state index >= 15 is 0 Å². The van der Waals surface area contributed by atoms with Crippen LogP contribution in [0.5, 0.6) is 0 Å². The van der Waals surface area contributed by atoms with E-state index in [1.807, 2.05) is 0 Å². The number of halogens is 3. The number of hydrogen-bond acceptors (Lipinski definition) is 3. The van der Waals surface area contributed by atoms with Crippen molar-refractivity contribution in [2.24, 2.45) is 0 Å². The quantitative estimate of drug-likeness (QED) is 0.838. The number of carbonyl (C=O) groups is 1. The Morgan fingerprint density at radius 2 is 1.67 bits per heavy atom. The van der Waals surface area contributed by atoms with Gasteiger partial charge in [-0.15, -0.1) is 0 Å². The zero-order chi connectivity index (χ0) is 13.1. The van der Waals surface area contributed by atoms with Gasteiger partial charge in [0.05, 0.1) is 6.42 Å². The van der Waals surface area contributed by atoms with E-state index in [0.29, 0.717) is 5.56 Å². The normalized spacial score (nSPS) is 11.5. The summed E-state index contributed by atoms with van der Waals surface area (Å²) in [6, 6.07) is 7.83. The Bertz CT molecular complexity index is 502. The van der Waals surface area contributed by atoms with Crippen molar-refractivity contribution in [3.63, 3.8) is 0 Å². The Morgan fingerprint density at radius 3 is 2.11 bits per heavy atom. The molecule has 9 heteroatoms. The van der Waals surface area contributed by atoms with Crippen LogP contribution in [0.15, 0.2) is 30.3 Å². The Morgan fingerprint density at radius 1 is 1.17 bits per heavy atom. The van der Waals surface area contributed by atoms with Gasteiger partial charge in [-0.2, -0.15) is 21.6 Å². The van der Waals surface area contributed by atoms with Crippen molar-refractivity contribution >= 4 is 45.5 Å². The van der Waals surface area contributed by atoms with Gasteiger partial charge in [0, 0.05) is 29.6 Å². The molecule has 0 unspecified atom stereocenters. The maximum absolute atomic E-state index is 11.9. The first kappa shape index (κ1) is 17.4. The van der Waals surface area contributed by atoms with Crippen LogP contribution in [0.25, 0.3) is 0 Å². The monoisotopic (exact) mass is 290 g/mol. The largest absolute Gasteiger partial charge is 0.516 e. The van der Waals surface area contributed by atoms with Gasteiger partial charge in [0.15, 0.2) is 0 Å². The maximum atomic E-state index is 11.9. The summed E-state index contributed by atoms with van der Waals surface area (Å²) in [6.45, 7) is 0. The summed E-state index contributed by atoms with van der Waals surface area (Å²) in [5.74, 6) is -1.23. The van der Waals surface area contributed by atoms with Crippen molar-refractivity contribution in [2.45, 2.75) is 11.9 Å². The van der Waals surface area contributed by atoms with Gasteiger partial charge in [0.1, 0.15) is 0 Å². The first-order chi connectivity index (χ1) is 7.72. The minimum Gasteiger partial charge on any atom is -0.274 e. The summed E-state index contributed by atoms with van der Waals surface area (Å²) in [4.78, 5) is 11.1. The van der Waals surface area contributed by atoms with Gasteiger partial charge in [-0.05, 0) is 5.56 Å². The maximum Gasteiger partial charge on any atom is 0.516 e. The van der Waals surface area contributed by atoms with Crippen molar-refractivity contribution in [2.75, 3.05) is 0 Å². The summed E-state index contributed by atoms with van der Waals surface area (Å²) in [6.07, 6.45) is -0.434. The molecule has 18 heavy (non-hydrogen) atoms. The van der Waals surface area contributed by atoms with E-state index in [2.05, 4.69) is 0 Å². The van der Waals surface area contributed by atoms with Crippen molar-refractivity contribution in [1.29, 1.82) is 0 Å². The fourth-order valence-corrected chi connectivity index (χ4v) is 1.51. The topological polar surface area (TPSA) is 63.2 Å². The number of rotatable bonds is 3. The minimum atomic E-state index is -5.62. The number of nitrogens with one attached hydrogen (secondary N) is 1. The van der Waals surface area contributed by atoms with Gasteiger partial charge >= 0.3 is 15.5 Å². The van der Waals surface area contributed by atoms with E-state index in [0.717, 1.165) is 4.72 Å². The molecule has 1 aromatic carbocycles. The smallest absolute Gasteiger partial charge is 0.274 e. The second-order valence-electron chi connectivity index (χ2n) is 3.14. The van der Waals surface area contributed by atoms with Crippen molar-refractivity contribution in [3.8, 4) is 0 Å². The molecule has 0 spiro atoms. The molecule has 0 aliphatic rings. The van der Waals surface area contributed by atoms with Gasteiger partial charge in [0.25, 0.3) is 0 Å². The molecule has 1 rings (SSSR count). The van der Waals surface area contributed by atoms with Gasteiger partial charge in [-0.1, -0.05) is 30.3 Å². The summed E-state index contributed by atoms with van der Waals surface area (Å²) in [5, 5.41) is 0. The SMILES string of the molecule is O=C(Cc1ccccc1)NS(=O)(=O)C(F)(F)F.[Na]. The van der Waals surface area contributed by atoms with Gasteiger partial charge < -0.3 is 0 Å². The van der Waals surface area contributed by atoms with Gasteiger partial charge in [0.2, 0.25) is 5.91 Å². The minimum absolute atomic E-state index is 0. The predicted octanol–water partition coefficient (Wildman–Crippen LogP) is 0.814. The van der Waals surface area contributed by atoms with Crippen LogP contribution in [0.2, 0.25) is 0 Å². The average Bonchev–Trinajstić information content (AvgIpc) is 2.16. The van der Waals surface area contributed by atoms with E-state index in [1.165, 1.54) is 12.1 Å². The summed E-state index contributed by atoms with van der Waals surface area (Å²) < 4.78 is 57.9. The van der Waals surface area contributed by atoms with Gasteiger partial charge in [-0.25, -0.2) is 4.72 Å². The number of sulfonamides is 1. The van der Waals surface area contributed by atoms with Crippen LogP contribution >= 0.6 is 0 Å². The van der Waals surface area contributed by atoms with E-state index in [1.54, 1.807) is 18.2 Å². The van der Waals surface area contributed by atoms with Crippen molar-refractivity contribution in [3.05, 3.63) is 35.9 Å². The molecule has 0 aromatic heterocycles. The summed E-state index contributed by atoms with van der Waals surface area (Å²) in [7, 11) is -5.62. The molecule has 1 aromatic rings. The van der Waals surface area contributed by atoms with E-state index in [9.17, 15) is 26.4 Å². The Hall–Kier alpha value is -0.570. The Kier molecular flexibility index (Phi) is 6.35. The third-order valence-corrected chi connectivity index (χ3v) is 2.87. The molecule has 0 saturated heterocycles. The number of hydrogen-bond donors (Lipinski definition) is 1. The number of alkyl halides is 3. The van der Waals surface area contributed by atoms with Crippen LogP contribution in [0.1, 0.15) is 5.56 Å². The molecule has 0 fully saturated rings. The third-order valence-electron chi connectivity index (χ3n) is 1.76. The van der Waals surface area contributed by atoms with E-state index in [4.69, 9.17) is 0 Å². The zero-order valence-electron chi connectivity index (χ0n) is 9.36. The second-order valence-corrected chi connectivity index (χ2v) is 4.81. The van der Waals surface area contributed by atoms with Crippen molar-refractivity contribution in [1.82, 2.24) is 4.72 Å². The molecule has 95 valence electrons. The van der Waals surface area contributed by atoms with Crippen LogP contribution in [0, 0.1) is 0 Å². The fourth-order valence-electron chi connectivity index (χ4n) is 1.03. The predicted molar refractivity (Wildman–Crippen MR) is 59.0 cm³/mol. The van der Waals surface area contributed by atoms with Crippen LogP contribution < -0.4 is 4.72 Å². The molecular formula is C9H8F3NNaO3S. The summed E-state index contributed by atoms with van der Waals surface area (Å²) >= 11 is 0. The van der Waals surface area contributed by atoms with Crippen LogP contribution in [0.3, 0.4) is 0 Å². The molecule has 0 atom stereocenters. The van der Waals surface area contributed by atoms with E-state index < -0.39 is 27.9 Å². The fraction of sp³-hybridized carbons (Fsp3) is 0.222. The molecule has 1 radical (unpaired) electrons. The molecule has 0 aliphatic heterocycles. The molecule has 1 N–H and O–H groups in total. The molecule has 0 heterocycles.